The molecule has 2 fully saturated rings. The maximum atomic E-state index is 13.0. The minimum absolute atomic E-state index is 0. The van der Waals surface area contributed by atoms with Crippen LogP contribution in [0.1, 0.15) is 16.8 Å². The first-order valence-electron chi connectivity index (χ1n) is 8.66. The van der Waals surface area contributed by atoms with E-state index in [2.05, 4.69) is 20.4 Å². The standard InChI is InChI=1S/C18H23N5O.ClH/c24-18(16-12-20-21-17(16)14-4-2-1-3-5-14)23-9-6-15(13-23)22-10-7-19-8-11-22;/h1-5,12,15,19H,6-11,13H2,(H,20,21);1H. The van der Waals surface area contributed by atoms with Gasteiger partial charge in [0.2, 0.25) is 0 Å². The van der Waals surface area contributed by atoms with Gasteiger partial charge in [-0.3, -0.25) is 14.8 Å². The van der Waals surface area contributed by atoms with Crippen molar-refractivity contribution in [2.45, 2.75) is 12.5 Å². The number of aromatic amines is 1. The molecule has 4 rings (SSSR count). The second kappa shape index (κ2) is 7.99. The molecule has 1 unspecified atom stereocenters. The van der Waals surface area contributed by atoms with E-state index in [1.165, 1.54) is 0 Å². The fourth-order valence-corrected chi connectivity index (χ4v) is 3.72. The first-order valence-corrected chi connectivity index (χ1v) is 8.66. The third-order valence-electron chi connectivity index (χ3n) is 5.05. The monoisotopic (exact) mass is 361 g/mol. The van der Waals surface area contributed by atoms with Crippen LogP contribution in [0.4, 0.5) is 0 Å². The number of halogens is 1. The summed E-state index contributed by atoms with van der Waals surface area (Å²) in [5.41, 5.74) is 2.48. The van der Waals surface area contributed by atoms with Crippen LogP contribution in [0.25, 0.3) is 11.3 Å². The highest BCUT2D eigenvalue weighted by Crippen LogP contribution is 2.24. The lowest BCUT2D eigenvalue weighted by molar-refractivity contribution is 0.0774. The van der Waals surface area contributed by atoms with Crippen molar-refractivity contribution in [2.75, 3.05) is 39.3 Å². The molecule has 2 saturated heterocycles. The van der Waals surface area contributed by atoms with Crippen LogP contribution in [0.2, 0.25) is 0 Å². The van der Waals surface area contributed by atoms with Gasteiger partial charge in [-0.1, -0.05) is 30.3 Å². The summed E-state index contributed by atoms with van der Waals surface area (Å²) >= 11 is 0. The van der Waals surface area contributed by atoms with E-state index in [9.17, 15) is 4.79 Å². The van der Waals surface area contributed by atoms with Crippen molar-refractivity contribution in [3.8, 4) is 11.3 Å². The van der Waals surface area contributed by atoms with E-state index < -0.39 is 0 Å². The van der Waals surface area contributed by atoms with Gasteiger partial charge in [-0.05, 0) is 6.42 Å². The number of likely N-dealkylation sites (tertiary alicyclic amines) is 1. The van der Waals surface area contributed by atoms with E-state index in [0.29, 0.717) is 11.6 Å². The van der Waals surface area contributed by atoms with Crippen molar-refractivity contribution in [2.24, 2.45) is 0 Å². The molecule has 1 aromatic carbocycles. The molecule has 0 aliphatic carbocycles. The highest BCUT2D eigenvalue weighted by atomic mass is 35.5. The number of amides is 1. The first-order chi connectivity index (χ1) is 11.8. The average molecular weight is 362 g/mol. The topological polar surface area (TPSA) is 64.3 Å². The number of rotatable bonds is 3. The van der Waals surface area contributed by atoms with Crippen molar-refractivity contribution in [1.29, 1.82) is 0 Å². The molecule has 2 aliphatic rings. The molecule has 0 bridgehead atoms. The number of carbonyl (C=O) groups is 1. The number of nitrogens with zero attached hydrogens (tertiary/aromatic N) is 3. The van der Waals surface area contributed by atoms with Gasteiger partial charge in [-0.2, -0.15) is 5.10 Å². The summed E-state index contributed by atoms with van der Waals surface area (Å²) in [6, 6.07) is 10.4. The minimum atomic E-state index is 0. The number of carbonyl (C=O) groups excluding carboxylic acids is 1. The van der Waals surface area contributed by atoms with Crippen LogP contribution in [0.5, 0.6) is 0 Å². The van der Waals surface area contributed by atoms with E-state index in [1.54, 1.807) is 6.20 Å². The van der Waals surface area contributed by atoms with Crippen LogP contribution in [0.15, 0.2) is 36.5 Å². The van der Waals surface area contributed by atoms with Crippen LogP contribution >= 0.6 is 12.4 Å². The van der Waals surface area contributed by atoms with Gasteiger partial charge in [0.15, 0.2) is 0 Å². The van der Waals surface area contributed by atoms with Crippen molar-refractivity contribution in [3.63, 3.8) is 0 Å². The summed E-state index contributed by atoms with van der Waals surface area (Å²) in [6.07, 6.45) is 2.72. The maximum Gasteiger partial charge on any atom is 0.257 e. The zero-order valence-electron chi connectivity index (χ0n) is 14.1. The SMILES string of the molecule is Cl.O=C(c1cn[nH]c1-c1ccccc1)N1CCC(N2CCNCC2)C1. The Hall–Kier alpha value is -1.89. The van der Waals surface area contributed by atoms with Crippen LogP contribution in [-0.2, 0) is 0 Å². The van der Waals surface area contributed by atoms with Crippen LogP contribution in [0, 0.1) is 0 Å². The molecular weight excluding hydrogens is 338 g/mol. The molecule has 3 heterocycles. The Kier molecular flexibility index (Phi) is 5.73. The molecule has 0 radical (unpaired) electrons. The van der Waals surface area contributed by atoms with Crippen LogP contribution in [-0.4, -0.2) is 71.2 Å². The summed E-state index contributed by atoms with van der Waals surface area (Å²) in [4.78, 5) is 17.5. The Morgan fingerprint density at radius 3 is 2.64 bits per heavy atom. The van der Waals surface area contributed by atoms with Gasteiger partial charge < -0.3 is 10.2 Å². The van der Waals surface area contributed by atoms with Gasteiger partial charge in [0, 0.05) is 50.9 Å². The first kappa shape index (κ1) is 17.9. The van der Waals surface area contributed by atoms with E-state index >= 15 is 0 Å². The van der Waals surface area contributed by atoms with Crippen molar-refractivity contribution in [3.05, 3.63) is 42.1 Å². The molecule has 0 spiro atoms. The number of hydrogen-bond donors (Lipinski definition) is 2. The zero-order chi connectivity index (χ0) is 16.4. The lowest BCUT2D eigenvalue weighted by Gasteiger charge is -2.32. The Morgan fingerprint density at radius 2 is 1.88 bits per heavy atom. The highest BCUT2D eigenvalue weighted by Gasteiger charge is 2.32. The Morgan fingerprint density at radius 1 is 1.12 bits per heavy atom. The molecule has 0 saturated carbocycles. The van der Waals surface area contributed by atoms with Crippen LogP contribution in [0.3, 0.4) is 0 Å². The fraction of sp³-hybridized carbons (Fsp3) is 0.444. The van der Waals surface area contributed by atoms with Gasteiger partial charge in [0.05, 0.1) is 17.5 Å². The highest BCUT2D eigenvalue weighted by molar-refractivity contribution is 5.99. The van der Waals surface area contributed by atoms with Gasteiger partial charge in [-0.15, -0.1) is 12.4 Å². The Balaban J connectivity index is 0.00000182. The van der Waals surface area contributed by atoms with E-state index in [-0.39, 0.29) is 18.3 Å². The third-order valence-corrected chi connectivity index (χ3v) is 5.05. The minimum Gasteiger partial charge on any atom is -0.337 e. The maximum absolute atomic E-state index is 13.0. The number of nitrogens with one attached hydrogen (secondary N) is 2. The smallest absolute Gasteiger partial charge is 0.257 e. The number of benzene rings is 1. The Labute approximate surface area is 154 Å². The summed E-state index contributed by atoms with van der Waals surface area (Å²) in [5, 5.41) is 10.5. The number of hydrogen-bond acceptors (Lipinski definition) is 4. The third kappa shape index (κ3) is 3.71. The molecule has 2 aliphatic heterocycles. The lowest BCUT2D eigenvalue weighted by atomic mass is 10.1. The fourth-order valence-electron chi connectivity index (χ4n) is 3.72. The molecule has 1 aromatic heterocycles. The summed E-state index contributed by atoms with van der Waals surface area (Å²) in [6.45, 7) is 5.89. The molecule has 1 amide bonds. The molecule has 134 valence electrons. The second-order valence-corrected chi connectivity index (χ2v) is 6.50. The molecule has 2 aromatic rings. The van der Waals surface area contributed by atoms with Crippen molar-refractivity contribution < 1.29 is 4.79 Å². The molecule has 25 heavy (non-hydrogen) atoms. The summed E-state index contributed by atoms with van der Waals surface area (Å²) in [7, 11) is 0. The number of H-pyrrole nitrogens is 1. The average Bonchev–Trinajstić information content (AvgIpc) is 3.32. The van der Waals surface area contributed by atoms with Crippen molar-refractivity contribution in [1.82, 2.24) is 25.3 Å². The summed E-state index contributed by atoms with van der Waals surface area (Å²) < 4.78 is 0. The molecular formula is C18H24ClN5O. The van der Waals surface area contributed by atoms with Gasteiger partial charge in [-0.25, -0.2) is 0 Å². The summed E-state index contributed by atoms with van der Waals surface area (Å²) in [5.74, 6) is 0.0836. The van der Waals surface area contributed by atoms with E-state index in [4.69, 9.17) is 0 Å². The predicted octanol–water partition coefficient (Wildman–Crippen LogP) is 1.62. The lowest BCUT2D eigenvalue weighted by Crippen LogP contribution is -2.49. The normalized spacial score (nSPS) is 21.1. The van der Waals surface area contributed by atoms with Gasteiger partial charge in [0.1, 0.15) is 0 Å². The zero-order valence-corrected chi connectivity index (χ0v) is 15.0. The molecule has 1 atom stereocenters. The molecule has 6 nitrogen and oxygen atoms in total. The molecule has 7 heteroatoms. The number of piperazine rings is 1. The quantitative estimate of drug-likeness (QED) is 0.872. The van der Waals surface area contributed by atoms with Crippen LogP contribution < -0.4 is 5.32 Å². The largest absolute Gasteiger partial charge is 0.337 e. The van der Waals surface area contributed by atoms with E-state index in [0.717, 1.165) is 56.9 Å². The van der Waals surface area contributed by atoms with Crippen molar-refractivity contribution >= 4 is 18.3 Å². The van der Waals surface area contributed by atoms with E-state index in [1.807, 2.05) is 35.2 Å². The molecule has 2 N–H and O–H groups in total. The second-order valence-electron chi connectivity index (χ2n) is 6.50. The predicted molar refractivity (Wildman–Crippen MR) is 100 cm³/mol. The number of aromatic nitrogens is 2. The van der Waals surface area contributed by atoms with Gasteiger partial charge in [0.25, 0.3) is 5.91 Å². The Bertz CT molecular complexity index is 699. The van der Waals surface area contributed by atoms with Gasteiger partial charge >= 0.3 is 0 Å².